The third-order valence-electron chi connectivity index (χ3n) is 3.83. The molecule has 2 heteroatoms. The molecule has 18 heavy (non-hydrogen) atoms. The molecule has 0 fully saturated rings. The van der Waals surface area contributed by atoms with E-state index >= 15 is 0 Å². The maximum Gasteiger partial charge on any atom is 0.338 e. The number of rotatable bonds is 5. The van der Waals surface area contributed by atoms with E-state index in [1.165, 1.54) is 0 Å². The van der Waals surface area contributed by atoms with Gasteiger partial charge < -0.3 is 4.74 Å². The van der Waals surface area contributed by atoms with Crippen molar-refractivity contribution < 1.29 is 9.53 Å². The fourth-order valence-corrected chi connectivity index (χ4v) is 2.26. The molecule has 0 radical (unpaired) electrons. The lowest BCUT2D eigenvalue weighted by atomic mass is 9.85. The molecule has 1 aromatic rings. The molecule has 0 spiro atoms. The Balaban J connectivity index is 2.88. The second kappa shape index (κ2) is 6.03. The highest BCUT2D eigenvalue weighted by atomic mass is 16.6. The number of aryl methyl sites for hydroxylation is 1. The number of carbonyl (C=O) groups is 1. The molecule has 0 heterocycles. The minimum absolute atomic E-state index is 0.215. The average Bonchev–Trinajstić information content (AvgIpc) is 2.36. The van der Waals surface area contributed by atoms with Gasteiger partial charge in [0.25, 0.3) is 0 Å². The van der Waals surface area contributed by atoms with E-state index in [1.54, 1.807) is 0 Å². The van der Waals surface area contributed by atoms with Crippen LogP contribution in [-0.4, -0.2) is 11.6 Å². The zero-order valence-corrected chi connectivity index (χ0v) is 12.1. The minimum Gasteiger partial charge on any atom is -0.455 e. The Kier molecular flexibility index (Phi) is 4.94. The predicted molar refractivity (Wildman–Crippen MR) is 74.7 cm³/mol. The van der Waals surface area contributed by atoms with Crippen LogP contribution in [0.25, 0.3) is 0 Å². The summed E-state index contributed by atoms with van der Waals surface area (Å²) in [6, 6.07) is 7.53. The van der Waals surface area contributed by atoms with Gasteiger partial charge in [0.15, 0.2) is 0 Å². The molecule has 100 valence electrons. The van der Waals surface area contributed by atoms with Crippen LogP contribution in [0.15, 0.2) is 24.3 Å². The van der Waals surface area contributed by atoms with Crippen molar-refractivity contribution in [1.29, 1.82) is 0 Å². The summed E-state index contributed by atoms with van der Waals surface area (Å²) in [5.74, 6) is 0.106. The van der Waals surface area contributed by atoms with Crippen molar-refractivity contribution in [3.05, 3.63) is 35.4 Å². The molecule has 0 N–H and O–H groups in total. The van der Waals surface area contributed by atoms with Crippen LogP contribution in [0.4, 0.5) is 0 Å². The Bertz CT molecular complexity index is 386. The molecule has 0 amide bonds. The van der Waals surface area contributed by atoms with Crippen LogP contribution in [-0.2, 0) is 4.74 Å². The van der Waals surface area contributed by atoms with Crippen molar-refractivity contribution in [3.63, 3.8) is 0 Å². The summed E-state index contributed by atoms with van der Waals surface area (Å²) >= 11 is 0. The van der Waals surface area contributed by atoms with Gasteiger partial charge in [-0.3, -0.25) is 0 Å². The fourth-order valence-electron chi connectivity index (χ4n) is 2.26. The molecule has 0 aromatic heterocycles. The van der Waals surface area contributed by atoms with Crippen molar-refractivity contribution in [3.8, 4) is 0 Å². The summed E-state index contributed by atoms with van der Waals surface area (Å²) in [5.41, 5.74) is 1.43. The standard InChI is InChI=1S/C16H24O2/c1-6-16(7-2,12(3)4)18-15(17)14-10-8-13(5)9-11-14/h8-12H,6-7H2,1-5H3. The molecule has 1 rings (SSSR count). The Morgan fingerprint density at radius 3 is 2.06 bits per heavy atom. The van der Waals surface area contributed by atoms with Gasteiger partial charge in [-0.1, -0.05) is 45.4 Å². The highest BCUT2D eigenvalue weighted by molar-refractivity contribution is 5.89. The van der Waals surface area contributed by atoms with Gasteiger partial charge in [-0.15, -0.1) is 0 Å². The molecule has 2 nitrogen and oxygen atoms in total. The van der Waals surface area contributed by atoms with E-state index in [9.17, 15) is 4.79 Å². The lowest BCUT2D eigenvalue weighted by Gasteiger charge is -2.35. The number of ether oxygens (including phenoxy) is 1. The van der Waals surface area contributed by atoms with Gasteiger partial charge >= 0.3 is 5.97 Å². The van der Waals surface area contributed by atoms with Crippen LogP contribution in [0.2, 0.25) is 0 Å². The largest absolute Gasteiger partial charge is 0.455 e. The van der Waals surface area contributed by atoms with Gasteiger partial charge in [0, 0.05) is 0 Å². The average molecular weight is 248 g/mol. The first-order valence-corrected chi connectivity index (χ1v) is 6.75. The maximum absolute atomic E-state index is 12.2. The summed E-state index contributed by atoms with van der Waals surface area (Å²) in [4.78, 5) is 12.2. The quantitative estimate of drug-likeness (QED) is 0.723. The van der Waals surface area contributed by atoms with Gasteiger partial charge in [-0.2, -0.15) is 0 Å². The number of hydrogen-bond acceptors (Lipinski definition) is 2. The summed E-state index contributed by atoms with van der Waals surface area (Å²) in [6.45, 7) is 10.4. The Morgan fingerprint density at radius 2 is 1.67 bits per heavy atom. The van der Waals surface area contributed by atoms with E-state index in [0.717, 1.165) is 18.4 Å². The van der Waals surface area contributed by atoms with E-state index in [4.69, 9.17) is 4.74 Å². The Labute approximate surface area is 110 Å². The molecule has 0 unspecified atom stereocenters. The lowest BCUT2D eigenvalue weighted by molar-refractivity contribution is -0.0485. The summed E-state index contributed by atoms with van der Waals surface area (Å²) < 4.78 is 5.78. The fraction of sp³-hybridized carbons (Fsp3) is 0.562. The number of benzene rings is 1. The molecule has 0 saturated heterocycles. The first-order valence-electron chi connectivity index (χ1n) is 6.75. The van der Waals surface area contributed by atoms with E-state index in [0.29, 0.717) is 11.5 Å². The van der Waals surface area contributed by atoms with E-state index < -0.39 is 0 Å². The first-order chi connectivity index (χ1) is 8.45. The van der Waals surface area contributed by atoms with Crippen LogP contribution in [0, 0.1) is 12.8 Å². The second-order valence-electron chi connectivity index (χ2n) is 5.18. The molecule has 1 aromatic carbocycles. The number of esters is 1. The van der Waals surface area contributed by atoms with Crippen LogP contribution < -0.4 is 0 Å². The van der Waals surface area contributed by atoms with Crippen LogP contribution >= 0.6 is 0 Å². The topological polar surface area (TPSA) is 26.3 Å². The van der Waals surface area contributed by atoms with E-state index in [-0.39, 0.29) is 11.6 Å². The molecule has 0 saturated carbocycles. The van der Waals surface area contributed by atoms with Crippen LogP contribution in [0.3, 0.4) is 0 Å². The van der Waals surface area contributed by atoms with E-state index in [1.807, 2.05) is 31.2 Å². The molecule has 0 aliphatic carbocycles. The van der Waals surface area contributed by atoms with Gasteiger partial charge in [0.1, 0.15) is 5.60 Å². The predicted octanol–water partition coefficient (Wildman–Crippen LogP) is 4.37. The van der Waals surface area contributed by atoms with E-state index in [2.05, 4.69) is 27.7 Å². The zero-order chi connectivity index (χ0) is 13.8. The van der Waals surface area contributed by atoms with Crippen molar-refractivity contribution in [1.82, 2.24) is 0 Å². The number of hydrogen-bond donors (Lipinski definition) is 0. The van der Waals surface area contributed by atoms with Gasteiger partial charge in [-0.05, 0) is 37.8 Å². The van der Waals surface area contributed by atoms with Crippen molar-refractivity contribution in [2.75, 3.05) is 0 Å². The number of carbonyl (C=O) groups excluding carboxylic acids is 1. The summed E-state index contributed by atoms with van der Waals surface area (Å²) in [6.07, 6.45) is 1.69. The second-order valence-corrected chi connectivity index (χ2v) is 5.18. The van der Waals surface area contributed by atoms with Crippen molar-refractivity contribution in [2.24, 2.45) is 5.92 Å². The smallest absolute Gasteiger partial charge is 0.338 e. The Morgan fingerprint density at radius 1 is 1.17 bits per heavy atom. The maximum atomic E-state index is 12.2. The molecule has 0 atom stereocenters. The normalized spacial score (nSPS) is 11.7. The van der Waals surface area contributed by atoms with Crippen molar-refractivity contribution in [2.45, 2.75) is 53.1 Å². The lowest BCUT2D eigenvalue weighted by Crippen LogP contribution is -2.39. The highest BCUT2D eigenvalue weighted by Crippen LogP contribution is 2.30. The zero-order valence-electron chi connectivity index (χ0n) is 12.1. The van der Waals surface area contributed by atoms with Crippen molar-refractivity contribution >= 4 is 5.97 Å². The minimum atomic E-state index is -0.345. The van der Waals surface area contributed by atoms with Crippen LogP contribution in [0.5, 0.6) is 0 Å². The SMILES string of the molecule is CCC(CC)(OC(=O)c1ccc(C)cc1)C(C)C. The third-order valence-corrected chi connectivity index (χ3v) is 3.83. The molecular formula is C16H24O2. The summed E-state index contributed by atoms with van der Waals surface area (Å²) in [5, 5.41) is 0. The monoisotopic (exact) mass is 248 g/mol. The van der Waals surface area contributed by atoms with Gasteiger partial charge in [-0.25, -0.2) is 4.79 Å². The highest BCUT2D eigenvalue weighted by Gasteiger charge is 2.34. The first kappa shape index (κ1) is 14.7. The van der Waals surface area contributed by atoms with Gasteiger partial charge in [0.05, 0.1) is 5.56 Å². The molecule has 0 aliphatic heterocycles. The Hall–Kier alpha value is -1.31. The van der Waals surface area contributed by atoms with Crippen LogP contribution in [0.1, 0.15) is 56.5 Å². The molecule has 0 aliphatic rings. The molecule has 0 bridgehead atoms. The third kappa shape index (κ3) is 3.12. The molecular weight excluding hydrogens is 224 g/mol. The summed E-state index contributed by atoms with van der Waals surface area (Å²) in [7, 11) is 0. The van der Waals surface area contributed by atoms with Gasteiger partial charge in [0.2, 0.25) is 0 Å².